The predicted molar refractivity (Wildman–Crippen MR) is 58.0 cm³/mol. The fourth-order valence-corrected chi connectivity index (χ4v) is 2.10. The largest absolute Gasteiger partial charge is 0.480 e. The molecule has 1 aliphatic rings. The third-order valence-electron chi connectivity index (χ3n) is 2.94. The summed E-state index contributed by atoms with van der Waals surface area (Å²) in [5.74, 6) is -0.406. The Bertz CT molecular complexity index is 376. The number of benzene rings is 1. The molecule has 1 aromatic carbocycles. The monoisotopic (exact) mass is 205 g/mol. The summed E-state index contributed by atoms with van der Waals surface area (Å²) in [4.78, 5) is 10.8. The molecule has 0 spiro atoms. The first-order valence-electron chi connectivity index (χ1n) is 5.19. The summed E-state index contributed by atoms with van der Waals surface area (Å²) in [7, 11) is 0. The molecule has 2 atom stereocenters. The van der Waals surface area contributed by atoms with Crippen LogP contribution in [0.4, 0.5) is 0 Å². The molecule has 0 radical (unpaired) electrons. The lowest BCUT2D eigenvalue weighted by Crippen LogP contribution is -2.29. The Kier molecular flexibility index (Phi) is 2.73. The zero-order valence-corrected chi connectivity index (χ0v) is 8.73. The maximum Gasteiger partial charge on any atom is 0.320 e. The van der Waals surface area contributed by atoms with Gasteiger partial charge in [-0.2, -0.15) is 0 Å². The van der Waals surface area contributed by atoms with Crippen LogP contribution < -0.4 is 5.32 Å². The molecule has 0 bridgehead atoms. The zero-order valence-electron chi connectivity index (χ0n) is 8.73. The van der Waals surface area contributed by atoms with Crippen molar-refractivity contribution >= 4 is 5.97 Å². The lowest BCUT2D eigenvalue weighted by molar-refractivity contribution is -0.139. The summed E-state index contributed by atoms with van der Waals surface area (Å²) >= 11 is 0. The van der Waals surface area contributed by atoms with Crippen molar-refractivity contribution in [3.8, 4) is 0 Å². The van der Waals surface area contributed by atoms with Crippen molar-refractivity contribution in [1.29, 1.82) is 0 Å². The Morgan fingerprint density at radius 2 is 2.33 bits per heavy atom. The summed E-state index contributed by atoms with van der Waals surface area (Å²) in [5, 5.41) is 11.9. The second-order valence-corrected chi connectivity index (χ2v) is 4.15. The molecular weight excluding hydrogens is 190 g/mol. The summed E-state index contributed by atoms with van der Waals surface area (Å²) < 4.78 is 0. The van der Waals surface area contributed by atoms with E-state index < -0.39 is 5.97 Å². The number of aryl methyl sites for hydroxylation is 1. The van der Waals surface area contributed by atoms with Crippen molar-refractivity contribution in [3.05, 3.63) is 35.4 Å². The van der Waals surface area contributed by atoms with E-state index in [-0.39, 0.29) is 6.04 Å². The van der Waals surface area contributed by atoms with Crippen molar-refractivity contribution in [2.75, 3.05) is 6.54 Å². The van der Waals surface area contributed by atoms with Gasteiger partial charge in [-0.3, -0.25) is 4.79 Å². The molecule has 2 rings (SSSR count). The highest BCUT2D eigenvalue weighted by molar-refractivity contribution is 5.74. The summed E-state index contributed by atoms with van der Waals surface area (Å²) in [6.07, 6.45) is 0.693. The van der Waals surface area contributed by atoms with Gasteiger partial charge in [-0.15, -0.1) is 0 Å². The van der Waals surface area contributed by atoms with Gasteiger partial charge in [0.2, 0.25) is 0 Å². The van der Waals surface area contributed by atoms with Crippen LogP contribution in [0.25, 0.3) is 0 Å². The van der Waals surface area contributed by atoms with E-state index in [1.54, 1.807) is 0 Å². The van der Waals surface area contributed by atoms with Crippen LogP contribution in [0.2, 0.25) is 0 Å². The number of carboxylic acid groups (broad SMARTS) is 1. The van der Waals surface area contributed by atoms with E-state index in [2.05, 4.69) is 30.4 Å². The molecule has 0 amide bonds. The number of hydrogen-bond donors (Lipinski definition) is 2. The van der Waals surface area contributed by atoms with Crippen LogP contribution in [0.3, 0.4) is 0 Å². The van der Waals surface area contributed by atoms with Gasteiger partial charge in [0.05, 0.1) is 0 Å². The third-order valence-corrected chi connectivity index (χ3v) is 2.94. The fourth-order valence-electron chi connectivity index (χ4n) is 2.10. The Morgan fingerprint density at radius 1 is 1.53 bits per heavy atom. The van der Waals surface area contributed by atoms with Gasteiger partial charge >= 0.3 is 5.97 Å². The zero-order chi connectivity index (χ0) is 10.8. The lowest BCUT2D eigenvalue weighted by atomic mass is 9.95. The second-order valence-electron chi connectivity index (χ2n) is 4.15. The Labute approximate surface area is 89.1 Å². The van der Waals surface area contributed by atoms with E-state index in [0.29, 0.717) is 12.3 Å². The van der Waals surface area contributed by atoms with Crippen molar-refractivity contribution in [3.63, 3.8) is 0 Å². The molecule has 0 unspecified atom stereocenters. The minimum atomic E-state index is -0.745. The van der Waals surface area contributed by atoms with E-state index in [1.807, 2.05) is 6.07 Å². The minimum Gasteiger partial charge on any atom is -0.480 e. The molecule has 80 valence electrons. The van der Waals surface area contributed by atoms with E-state index in [4.69, 9.17) is 5.11 Å². The van der Waals surface area contributed by atoms with Gasteiger partial charge in [-0.25, -0.2) is 0 Å². The molecule has 15 heavy (non-hydrogen) atoms. The molecule has 1 aromatic rings. The highest BCUT2D eigenvalue weighted by Crippen LogP contribution is 2.26. The van der Waals surface area contributed by atoms with Crippen molar-refractivity contribution < 1.29 is 9.90 Å². The minimum absolute atomic E-state index is 0.339. The maximum atomic E-state index is 10.8. The average Bonchev–Trinajstić information content (AvgIpc) is 2.66. The van der Waals surface area contributed by atoms with E-state index in [0.717, 1.165) is 6.54 Å². The number of carbonyl (C=O) groups is 1. The maximum absolute atomic E-state index is 10.8. The molecule has 3 heteroatoms. The molecule has 2 N–H and O–H groups in total. The highest BCUT2D eigenvalue weighted by Gasteiger charge is 2.29. The van der Waals surface area contributed by atoms with Crippen molar-refractivity contribution in [2.45, 2.75) is 25.3 Å². The molecule has 1 fully saturated rings. The number of carboxylic acids is 1. The van der Waals surface area contributed by atoms with Crippen LogP contribution in [0.1, 0.15) is 23.5 Å². The number of nitrogens with one attached hydrogen (secondary N) is 1. The van der Waals surface area contributed by atoms with Gasteiger partial charge in [-0.1, -0.05) is 29.8 Å². The first-order chi connectivity index (χ1) is 7.16. The molecular formula is C12H15NO2. The van der Waals surface area contributed by atoms with Crippen LogP contribution in [0, 0.1) is 6.92 Å². The molecule has 1 heterocycles. The summed E-state index contributed by atoms with van der Waals surface area (Å²) in [5.41, 5.74) is 2.47. The molecule has 0 saturated carbocycles. The Morgan fingerprint density at radius 3 is 2.93 bits per heavy atom. The highest BCUT2D eigenvalue weighted by atomic mass is 16.4. The predicted octanol–water partition coefficient (Wildman–Crippen LogP) is 1.53. The Hall–Kier alpha value is -1.35. The number of aliphatic carboxylic acids is 1. The van der Waals surface area contributed by atoms with E-state index in [9.17, 15) is 4.79 Å². The van der Waals surface area contributed by atoms with Gasteiger partial charge in [-0.05, 0) is 24.8 Å². The van der Waals surface area contributed by atoms with Crippen molar-refractivity contribution in [2.24, 2.45) is 0 Å². The smallest absolute Gasteiger partial charge is 0.320 e. The molecule has 0 aliphatic carbocycles. The number of rotatable bonds is 2. The summed E-state index contributed by atoms with van der Waals surface area (Å²) in [6.45, 7) is 2.82. The SMILES string of the molecule is Cc1cccc([C@H]2CN[C@@H](C(=O)O)C2)c1. The third kappa shape index (κ3) is 2.18. The summed E-state index contributed by atoms with van der Waals surface area (Å²) in [6, 6.07) is 7.91. The van der Waals surface area contributed by atoms with Crippen LogP contribution in [0.15, 0.2) is 24.3 Å². The van der Waals surface area contributed by atoms with Gasteiger partial charge in [0.1, 0.15) is 6.04 Å². The van der Waals surface area contributed by atoms with E-state index in [1.165, 1.54) is 11.1 Å². The van der Waals surface area contributed by atoms with Gasteiger partial charge < -0.3 is 10.4 Å². The van der Waals surface area contributed by atoms with Gasteiger partial charge in [0.15, 0.2) is 0 Å². The normalized spacial score (nSPS) is 25.4. The average molecular weight is 205 g/mol. The first-order valence-corrected chi connectivity index (χ1v) is 5.19. The van der Waals surface area contributed by atoms with Gasteiger partial charge in [0.25, 0.3) is 0 Å². The second kappa shape index (κ2) is 4.03. The Balaban J connectivity index is 2.11. The van der Waals surface area contributed by atoms with Crippen LogP contribution >= 0.6 is 0 Å². The van der Waals surface area contributed by atoms with E-state index >= 15 is 0 Å². The van der Waals surface area contributed by atoms with Crippen LogP contribution in [0.5, 0.6) is 0 Å². The lowest BCUT2D eigenvalue weighted by Gasteiger charge is -2.09. The van der Waals surface area contributed by atoms with Crippen molar-refractivity contribution in [1.82, 2.24) is 5.32 Å². The molecule has 1 saturated heterocycles. The number of hydrogen-bond acceptors (Lipinski definition) is 2. The molecule has 1 aliphatic heterocycles. The van der Waals surface area contributed by atoms with Gasteiger partial charge in [0, 0.05) is 6.54 Å². The van der Waals surface area contributed by atoms with Crippen LogP contribution in [-0.4, -0.2) is 23.7 Å². The first kappa shape index (κ1) is 10.2. The van der Waals surface area contributed by atoms with Crippen LogP contribution in [-0.2, 0) is 4.79 Å². The standard InChI is InChI=1S/C12H15NO2/c1-8-3-2-4-9(5-8)10-6-11(12(14)15)13-7-10/h2-5,10-11,13H,6-7H2,1H3,(H,14,15)/t10-,11-/m1/s1. The topological polar surface area (TPSA) is 49.3 Å². The quantitative estimate of drug-likeness (QED) is 0.769. The molecule has 3 nitrogen and oxygen atoms in total. The molecule has 0 aromatic heterocycles. The fraction of sp³-hybridized carbons (Fsp3) is 0.417.